The van der Waals surface area contributed by atoms with Crippen molar-refractivity contribution in [3.8, 4) is 11.4 Å². The summed E-state index contributed by atoms with van der Waals surface area (Å²) >= 11 is 0. The molecule has 0 radical (unpaired) electrons. The second-order valence-corrected chi connectivity index (χ2v) is 13.6. The van der Waals surface area contributed by atoms with Crippen molar-refractivity contribution in [2.45, 2.75) is 78.1 Å². The van der Waals surface area contributed by atoms with Crippen LogP contribution in [0.5, 0.6) is 0 Å². The zero-order chi connectivity index (χ0) is 30.1. The lowest BCUT2D eigenvalue weighted by Gasteiger charge is -2.33. The van der Waals surface area contributed by atoms with Crippen molar-refractivity contribution in [2.24, 2.45) is 0 Å². The predicted octanol–water partition coefficient (Wildman–Crippen LogP) is 9.27. The number of unbranched alkanes of at least 4 members (excludes halogenated alkanes) is 6. The van der Waals surface area contributed by atoms with Gasteiger partial charge in [-0.25, -0.2) is 0 Å². The predicted molar refractivity (Wildman–Crippen MR) is 195 cm³/mol. The molecule has 0 atom stereocenters. The quantitative estimate of drug-likeness (QED) is 0.112. The third kappa shape index (κ3) is 3.95. The molecule has 5 aromatic carbocycles. The van der Waals surface area contributed by atoms with Gasteiger partial charge in [0.25, 0.3) is 6.71 Å². The Bertz CT molecular complexity index is 2110. The number of para-hydroxylation sites is 2. The number of nitrogens with zero attached hydrogens (tertiary/aromatic N) is 2. The maximum absolute atomic E-state index is 2.62. The van der Waals surface area contributed by atoms with Crippen molar-refractivity contribution in [2.75, 3.05) is 0 Å². The van der Waals surface area contributed by atoms with Gasteiger partial charge in [-0.15, -0.1) is 0 Å². The van der Waals surface area contributed by atoms with E-state index in [0.717, 1.165) is 12.8 Å². The molecule has 9 rings (SSSR count). The fourth-order valence-corrected chi connectivity index (χ4v) is 8.74. The summed E-state index contributed by atoms with van der Waals surface area (Å²) in [6.45, 7) is 4.82. The summed E-state index contributed by atoms with van der Waals surface area (Å²) in [6, 6.07) is 35.6. The van der Waals surface area contributed by atoms with Gasteiger partial charge in [0.2, 0.25) is 0 Å². The van der Waals surface area contributed by atoms with Gasteiger partial charge in [-0.1, -0.05) is 113 Å². The van der Waals surface area contributed by atoms with Crippen LogP contribution in [0.3, 0.4) is 0 Å². The van der Waals surface area contributed by atoms with Crippen molar-refractivity contribution >= 4 is 66.7 Å². The Morgan fingerprint density at radius 3 is 1.47 bits per heavy atom. The average molecular weight is 585 g/mol. The first-order valence-electron chi connectivity index (χ1n) is 17.5. The Hall–Kier alpha value is -4.24. The first-order valence-corrected chi connectivity index (χ1v) is 17.5. The van der Waals surface area contributed by atoms with E-state index < -0.39 is 0 Å². The minimum Gasteiger partial charge on any atom is -0.310 e. The van der Waals surface area contributed by atoms with Crippen LogP contribution in [0.25, 0.3) is 55.0 Å². The highest BCUT2D eigenvalue weighted by Crippen LogP contribution is 2.41. The third-order valence-corrected chi connectivity index (χ3v) is 10.8. The molecule has 0 unspecified atom stereocenters. The summed E-state index contributed by atoms with van der Waals surface area (Å²) in [4.78, 5) is 0. The third-order valence-electron chi connectivity index (χ3n) is 10.8. The summed E-state index contributed by atoms with van der Waals surface area (Å²) in [5.41, 5.74) is 15.5. The van der Waals surface area contributed by atoms with E-state index >= 15 is 0 Å². The molecule has 0 saturated heterocycles. The lowest BCUT2D eigenvalue weighted by molar-refractivity contribution is 0.667. The molecule has 2 aliphatic heterocycles. The van der Waals surface area contributed by atoms with Crippen molar-refractivity contribution < 1.29 is 0 Å². The molecule has 0 spiro atoms. The van der Waals surface area contributed by atoms with Gasteiger partial charge in [-0.05, 0) is 83.5 Å². The van der Waals surface area contributed by atoms with E-state index in [-0.39, 0.29) is 6.71 Å². The summed E-state index contributed by atoms with van der Waals surface area (Å²) < 4.78 is 5.24. The minimum atomic E-state index is 0.220. The lowest BCUT2D eigenvalue weighted by Crippen LogP contribution is -2.59. The summed E-state index contributed by atoms with van der Waals surface area (Å²) in [5.74, 6) is 0. The first kappa shape index (κ1) is 27.1. The molecule has 2 aliphatic rings. The number of hydrogen-bond acceptors (Lipinski definition) is 0. The maximum Gasteiger partial charge on any atom is 0.252 e. The van der Waals surface area contributed by atoms with E-state index in [4.69, 9.17) is 0 Å². The Balaban J connectivity index is 1.36. The molecule has 2 nitrogen and oxygen atoms in total. The topological polar surface area (TPSA) is 9.86 Å². The Labute approximate surface area is 266 Å². The van der Waals surface area contributed by atoms with Crippen molar-refractivity contribution in [3.05, 3.63) is 102 Å². The van der Waals surface area contributed by atoms with E-state index in [2.05, 4.69) is 114 Å². The summed E-state index contributed by atoms with van der Waals surface area (Å²) in [6.07, 6.45) is 12.7. The van der Waals surface area contributed by atoms with E-state index in [9.17, 15) is 0 Å². The number of aromatic nitrogens is 2. The number of rotatable bonds is 10. The van der Waals surface area contributed by atoms with E-state index in [1.165, 1.54) is 134 Å². The summed E-state index contributed by atoms with van der Waals surface area (Å²) in [5, 5.41) is 5.48. The largest absolute Gasteiger partial charge is 0.310 e. The molecule has 0 aliphatic carbocycles. The van der Waals surface area contributed by atoms with Crippen molar-refractivity contribution in [3.63, 3.8) is 0 Å². The van der Waals surface area contributed by atoms with Gasteiger partial charge in [0, 0.05) is 32.9 Å². The van der Waals surface area contributed by atoms with Crippen LogP contribution >= 0.6 is 0 Å². The molecule has 7 aromatic rings. The van der Waals surface area contributed by atoms with Gasteiger partial charge in [-0.2, -0.15) is 0 Å². The van der Waals surface area contributed by atoms with E-state index in [1.807, 2.05) is 0 Å². The minimum absolute atomic E-state index is 0.220. The van der Waals surface area contributed by atoms with Crippen LogP contribution in [0.2, 0.25) is 0 Å². The van der Waals surface area contributed by atoms with Crippen molar-refractivity contribution in [1.29, 1.82) is 0 Å². The molecular formula is C42H41BN2. The van der Waals surface area contributed by atoms with Crippen molar-refractivity contribution in [1.82, 2.24) is 9.13 Å². The molecule has 4 heterocycles. The fourth-order valence-electron chi connectivity index (χ4n) is 8.74. The zero-order valence-electron chi connectivity index (χ0n) is 26.7. The van der Waals surface area contributed by atoms with Gasteiger partial charge < -0.3 is 9.13 Å². The van der Waals surface area contributed by atoms with Crippen LogP contribution in [-0.4, -0.2) is 15.8 Å². The number of fused-ring (bicyclic) bond motifs is 12. The molecule has 3 heteroatoms. The first-order chi connectivity index (χ1) is 22.3. The van der Waals surface area contributed by atoms with Gasteiger partial charge in [0.05, 0.1) is 22.1 Å². The van der Waals surface area contributed by atoms with Crippen LogP contribution in [0.1, 0.15) is 76.3 Å². The smallest absolute Gasteiger partial charge is 0.252 e. The molecule has 0 N–H and O–H groups in total. The standard InChI is InChI=1S/C42H41BN2/c1-3-5-7-9-15-28-21-23-34-38(25-28)44-36-19-13-11-17-30(36)32-27-33-31-18-12-14-20-37(31)45-39-26-29(16-10-8-6-4-2)22-24-35(39)43(34)40(41(32)44)42(33)45/h11-14,17-27H,3-10,15-16H2,1-2H3. The highest BCUT2D eigenvalue weighted by molar-refractivity contribution is 7.00. The molecular weight excluding hydrogens is 543 g/mol. The lowest BCUT2D eigenvalue weighted by atomic mass is 9.34. The fraction of sp³-hybridized carbons (Fsp3) is 0.286. The second-order valence-electron chi connectivity index (χ2n) is 13.6. The Kier molecular flexibility index (Phi) is 6.44. The van der Waals surface area contributed by atoms with Crippen LogP contribution in [0, 0.1) is 0 Å². The molecule has 45 heavy (non-hydrogen) atoms. The van der Waals surface area contributed by atoms with Gasteiger partial charge in [0.1, 0.15) is 0 Å². The number of aryl methyl sites for hydroxylation is 2. The molecule has 0 amide bonds. The highest BCUT2D eigenvalue weighted by Gasteiger charge is 2.41. The van der Waals surface area contributed by atoms with Crippen LogP contribution in [-0.2, 0) is 12.8 Å². The van der Waals surface area contributed by atoms with Crippen LogP contribution in [0.15, 0.2) is 91.0 Å². The number of hydrogen-bond donors (Lipinski definition) is 0. The average Bonchev–Trinajstić information content (AvgIpc) is 3.60. The van der Waals surface area contributed by atoms with Gasteiger partial charge in [0.15, 0.2) is 0 Å². The second kappa shape index (κ2) is 10.7. The van der Waals surface area contributed by atoms with E-state index in [0.29, 0.717) is 0 Å². The van der Waals surface area contributed by atoms with Gasteiger partial charge >= 0.3 is 0 Å². The Morgan fingerprint density at radius 1 is 0.489 bits per heavy atom. The molecule has 2 aromatic heterocycles. The summed E-state index contributed by atoms with van der Waals surface area (Å²) in [7, 11) is 0. The molecule has 222 valence electrons. The highest BCUT2D eigenvalue weighted by atomic mass is 15.0. The Morgan fingerprint density at radius 2 is 0.978 bits per heavy atom. The van der Waals surface area contributed by atoms with Crippen LogP contribution in [0.4, 0.5) is 0 Å². The van der Waals surface area contributed by atoms with Gasteiger partial charge in [-0.3, -0.25) is 0 Å². The maximum atomic E-state index is 2.62. The molecule has 0 fully saturated rings. The monoisotopic (exact) mass is 584 g/mol. The normalized spacial score (nSPS) is 13.1. The molecule has 0 bridgehead atoms. The zero-order valence-corrected chi connectivity index (χ0v) is 26.7. The number of benzene rings is 5. The SMILES string of the molecule is CCCCCCc1ccc2c(c1)-n1c3ccccc3c3cc4c5ccccc5n5c4c(c31)B2c1ccc(CCCCCC)cc1-5. The molecule has 0 saturated carbocycles. The van der Waals surface area contributed by atoms with Crippen LogP contribution < -0.4 is 16.4 Å². The van der Waals surface area contributed by atoms with E-state index in [1.54, 1.807) is 0 Å².